The number of hydrogen-bond donors (Lipinski definition) is 2. The molecule has 6 heteroatoms. The molecular weight excluding hydrogens is 392 g/mol. The number of carbonyl (C=O) groups is 1. The second kappa shape index (κ2) is 7.39. The van der Waals surface area contributed by atoms with Crippen LogP contribution in [0.2, 0.25) is 0 Å². The first-order valence-corrected chi connectivity index (χ1v) is 10.4. The Morgan fingerprint density at radius 3 is 2.65 bits per heavy atom. The Morgan fingerprint density at radius 1 is 1.10 bits per heavy atom. The van der Waals surface area contributed by atoms with Crippen LogP contribution in [0, 0.1) is 13.8 Å². The Hall–Kier alpha value is -3.38. The number of hydrogen-bond acceptors (Lipinski definition) is 5. The van der Waals surface area contributed by atoms with Crippen LogP contribution in [0.4, 0.5) is 5.82 Å². The molecule has 6 nitrogen and oxygen atoms in total. The van der Waals surface area contributed by atoms with E-state index in [1.165, 1.54) is 0 Å². The molecule has 0 bridgehead atoms. The summed E-state index contributed by atoms with van der Waals surface area (Å²) in [5.74, 6) is 1.92. The van der Waals surface area contributed by atoms with Gasteiger partial charge in [-0.15, -0.1) is 0 Å². The van der Waals surface area contributed by atoms with Gasteiger partial charge >= 0.3 is 0 Å². The molecule has 162 valence electrons. The zero-order valence-corrected chi connectivity index (χ0v) is 17.6. The number of ether oxygens (including phenoxy) is 2. The van der Waals surface area contributed by atoms with Gasteiger partial charge in [-0.25, -0.2) is 4.98 Å². The minimum atomic E-state index is -0.550. The van der Waals surface area contributed by atoms with E-state index in [-0.39, 0.29) is 22.2 Å². The topological polar surface area (TPSA) is 80.7 Å². The van der Waals surface area contributed by atoms with Gasteiger partial charge in [0.05, 0.1) is 12.0 Å². The second-order valence-electron chi connectivity index (χ2n) is 8.19. The molecule has 0 atom stereocenters. The highest BCUT2D eigenvalue weighted by atomic mass is 16.7. The number of nitrogens with zero attached hydrogens (tertiary/aromatic N) is 1. The summed E-state index contributed by atoms with van der Waals surface area (Å²) in [5.41, 5.74) is 5.09. The minimum Gasteiger partial charge on any atom is -0.454 e. The van der Waals surface area contributed by atoms with E-state index in [1.54, 1.807) is 6.20 Å². The van der Waals surface area contributed by atoms with Crippen molar-refractivity contribution < 1.29 is 22.2 Å². The van der Waals surface area contributed by atoms with Crippen molar-refractivity contribution >= 4 is 11.7 Å². The van der Waals surface area contributed by atoms with E-state index in [2.05, 4.69) is 10.3 Å². The van der Waals surface area contributed by atoms with Crippen LogP contribution in [0.1, 0.15) is 37.9 Å². The molecule has 0 unspecified atom stereocenters. The first kappa shape index (κ1) is 19.6. The number of aliphatic hydroxyl groups excluding tert-OH is 1. The van der Waals surface area contributed by atoms with Gasteiger partial charge in [-0.1, -0.05) is 30.3 Å². The molecule has 0 saturated heterocycles. The lowest BCUT2D eigenvalue weighted by Gasteiger charge is -2.19. The normalized spacial score (nSPS) is 15.6. The summed E-state index contributed by atoms with van der Waals surface area (Å²) in [4.78, 5) is 17.8. The van der Waals surface area contributed by atoms with Crippen LogP contribution < -0.4 is 14.8 Å². The fourth-order valence-electron chi connectivity index (χ4n) is 4.21. The van der Waals surface area contributed by atoms with E-state index in [0.29, 0.717) is 17.3 Å². The van der Waals surface area contributed by atoms with E-state index in [0.717, 1.165) is 46.2 Å². The highest BCUT2D eigenvalue weighted by Crippen LogP contribution is 2.51. The Balaban J connectivity index is 0.00000153. The summed E-state index contributed by atoms with van der Waals surface area (Å²) in [6, 6.07) is 13.5. The van der Waals surface area contributed by atoms with Crippen molar-refractivity contribution in [2.75, 3.05) is 12.1 Å². The minimum absolute atomic E-state index is 0. The third-order valence-electron chi connectivity index (χ3n) is 6.46. The molecule has 1 amide bonds. The van der Waals surface area contributed by atoms with E-state index < -0.39 is 5.41 Å². The first-order valence-electron chi connectivity index (χ1n) is 10.4. The zero-order valence-electron chi connectivity index (χ0n) is 17.6. The summed E-state index contributed by atoms with van der Waals surface area (Å²) >= 11 is 0. The lowest BCUT2D eigenvalue weighted by atomic mass is 9.93. The molecule has 2 N–H and O–H groups in total. The number of aliphatic hydroxyl groups is 1. The molecule has 2 aliphatic rings. The van der Waals surface area contributed by atoms with Crippen LogP contribution in [0.3, 0.4) is 0 Å². The van der Waals surface area contributed by atoms with E-state index in [1.807, 2.05) is 56.3 Å². The van der Waals surface area contributed by atoms with Crippen LogP contribution in [0.25, 0.3) is 11.1 Å². The molecular formula is C25H28N2O4. The van der Waals surface area contributed by atoms with E-state index in [9.17, 15) is 9.90 Å². The van der Waals surface area contributed by atoms with Gasteiger partial charge in [0.1, 0.15) is 5.82 Å². The molecule has 0 spiro atoms. The van der Waals surface area contributed by atoms with Gasteiger partial charge < -0.3 is 19.9 Å². The van der Waals surface area contributed by atoms with Crippen LogP contribution in [0.5, 0.6) is 11.5 Å². The zero-order chi connectivity index (χ0) is 21.6. The van der Waals surface area contributed by atoms with Gasteiger partial charge in [-0.3, -0.25) is 4.79 Å². The number of aromatic nitrogens is 1. The molecule has 3 aromatic rings. The molecule has 2 heterocycles. The Kier molecular flexibility index (Phi) is 4.67. The van der Waals surface area contributed by atoms with Gasteiger partial charge in [0.25, 0.3) is 0 Å². The maximum atomic E-state index is 13.3. The summed E-state index contributed by atoms with van der Waals surface area (Å²) in [6.07, 6.45) is 3.35. The Morgan fingerprint density at radius 2 is 1.87 bits per heavy atom. The average Bonchev–Trinajstić information content (AvgIpc) is 3.48. The van der Waals surface area contributed by atoms with Gasteiger partial charge in [0, 0.05) is 14.6 Å². The number of rotatable bonds is 5. The number of amides is 1. The largest absolute Gasteiger partial charge is 0.454 e. The predicted octanol–water partition coefficient (Wildman–Crippen LogP) is 4.75. The monoisotopic (exact) mass is 420 g/mol. The number of fused-ring (bicyclic) bond motifs is 1. The molecule has 1 aromatic heterocycles. The van der Waals surface area contributed by atoms with Crippen LogP contribution in [-0.4, -0.2) is 22.8 Å². The Labute approximate surface area is 183 Å². The number of benzene rings is 2. The summed E-state index contributed by atoms with van der Waals surface area (Å²) < 4.78 is 10.9. The molecule has 5 rings (SSSR count). The quantitative estimate of drug-likeness (QED) is 0.623. The molecule has 1 aliphatic carbocycles. The van der Waals surface area contributed by atoms with Gasteiger partial charge in [0.15, 0.2) is 11.5 Å². The van der Waals surface area contributed by atoms with Crippen LogP contribution >= 0.6 is 0 Å². The fraction of sp³-hybridized carbons (Fsp3) is 0.280. The molecule has 1 fully saturated rings. The summed E-state index contributed by atoms with van der Waals surface area (Å²) in [6.45, 7) is 4.15. The number of pyridine rings is 1. The maximum absolute atomic E-state index is 13.3. The number of carbonyl (C=O) groups excluding carboxylic acids is 1. The standard InChI is InChI=1S/C25H24N2O4.2H2/c1-15-16(2)23(26-12-20(15)19-6-4-3-5-17(19)13-28)27-24(29)25(9-10-25)18-7-8-21-22(11-18)31-14-30-21;;/h3-8,11-12,28H,9-10,13-14H2,1-2H3,(H,26,27,29);2*1H. The number of nitrogens with one attached hydrogen (secondary N) is 1. The third kappa shape index (κ3) is 3.24. The van der Waals surface area contributed by atoms with Gasteiger partial charge in [-0.05, 0) is 66.6 Å². The third-order valence-corrected chi connectivity index (χ3v) is 6.46. The van der Waals surface area contributed by atoms with Crippen molar-refractivity contribution in [1.29, 1.82) is 0 Å². The van der Waals surface area contributed by atoms with Crippen molar-refractivity contribution in [2.45, 2.75) is 38.7 Å². The second-order valence-corrected chi connectivity index (χ2v) is 8.19. The van der Waals surface area contributed by atoms with Crippen LogP contribution in [-0.2, 0) is 16.8 Å². The predicted molar refractivity (Wildman–Crippen MR) is 121 cm³/mol. The average molecular weight is 421 g/mol. The number of anilines is 1. The van der Waals surface area contributed by atoms with Gasteiger partial charge in [0.2, 0.25) is 12.7 Å². The molecule has 31 heavy (non-hydrogen) atoms. The first-order chi connectivity index (χ1) is 15.0. The van der Waals surface area contributed by atoms with Crippen molar-refractivity contribution in [1.82, 2.24) is 4.98 Å². The summed E-state index contributed by atoms with van der Waals surface area (Å²) in [7, 11) is 0. The van der Waals surface area contributed by atoms with Crippen molar-refractivity contribution in [3.8, 4) is 22.6 Å². The fourth-order valence-corrected chi connectivity index (χ4v) is 4.21. The lowest BCUT2D eigenvalue weighted by molar-refractivity contribution is -0.118. The molecule has 1 aliphatic heterocycles. The highest BCUT2D eigenvalue weighted by Gasteiger charge is 2.52. The van der Waals surface area contributed by atoms with Crippen molar-refractivity contribution in [3.05, 3.63) is 70.9 Å². The summed E-state index contributed by atoms with van der Waals surface area (Å²) in [5, 5.41) is 12.7. The maximum Gasteiger partial charge on any atom is 0.236 e. The van der Waals surface area contributed by atoms with Crippen molar-refractivity contribution in [3.63, 3.8) is 0 Å². The molecule has 0 radical (unpaired) electrons. The van der Waals surface area contributed by atoms with E-state index >= 15 is 0 Å². The molecule has 2 aromatic carbocycles. The highest BCUT2D eigenvalue weighted by molar-refractivity contribution is 6.01. The Bertz CT molecular complexity index is 1200. The van der Waals surface area contributed by atoms with E-state index in [4.69, 9.17) is 9.47 Å². The van der Waals surface area contributed by atoms with Gasteiger partial charge in [-0.2, -0.15) is 0 Å². The smallest absolute Gasteiger partial charge is 0.236 e. The van der Waals surface area contributed by atoms with Crippen LogP contribution in [0.15, 0.2) is 48.7 Å². The van der Waals surface area contributed by atoms with Crippen molar-refractivity contribution in [2.24, 2.45) is 0 Å². The molecule has 1 saturated carbocycles. The lowest BCUT2D eigenvalue weighted by Crippen LogP contribution is -2.28. The SMILES string of the molecule is Cc1c(-c2ccccc2CO)cnc(NC(=O)C2(c3ccc4c(c3)OCO4)CC2)c1C.[HH].[HH].